The lowest BCUT2D eigenvalue weighted by Gasteiger charge is -2.28. The molecule has 0 bridgehead atoms. The smallest absolute Gasteiger partial charge is 0.334 e. The van der Waals surface area contributed by atoms with Crippen LogP contribution in [0, 0.1) is 12.8 Å². The maximum Gasteiger partial charge on any atom is 0.434 e. The highest BCUT2D eigenvalue weighted by molar-refractivity contribution is 7.09. The Bertz CT molecular complexity index is 677. The molecule has 0 amide bonds. The average molecular weight is 344 g/mol. The third-order valence-corrected chi connectivity index (χ3v) is 5.13. The van der Waals surface area contributed by atoms with Crippen molar-refractivity contribution in [3.63, 3.8) is 0 Å². The summed E-state index contributed by atoms with van der Waals surface area (Å²) in [6.45, 7) is 4.29. The van der Waals surface area contributed by atoms with Gasteiger partial charge in [0.1, 0.15) is 5.82 Å². The van der Waals surface area contributed by atoms with Crippen LogP contribution in [0.4, 0.5) is 13.2 Å². The van der Waals surface area contributed by atoms with E-state index in [0.29, 0.717) is 24.7 Å². The molecule has 0 radical (unpaired) electrons. The first kappa shape index (κ1) is 16.4. The lowest BCUT2D eigenvalue weighted by molar-refractivity contribution is -0.141. The van der Waals surface area contributed by atoms with Crippen molar-refractivity contribution in [2.24, 2.45) is 5.92 Å². The van der Waals surface area contributed by atoms with E-state index in [-0.39, 0.29) is 0 Å². The number of fused-ring (bicyclic) bond motifs is 1. The van der Waals surface area contributed by atoms with Crippen molar-refractivity contribution in [2.45, 2.75) is 39.0 Å². The molecule has 8 heteroatoms. The Hall–Kier alpha value is -1.41. The normalized spacial score (nSPS) is 18.4. The minimum absolute atomic E-state index is 0.344. The van der Waals surface area contributed by atoms with E-state index in [0.717, 1.165) is 31.4 Å². The van der Waals surface area contributed by atoms with Gasteiger partial charge < -0.3 is 9.47 Å². The summed E-state index contributed by atoms with van der Waals surface area (Å²) in [6.07, 6.45) is -1.73. The zero-order chi connectivity index (χ0) is 16.6. The summed E-state index contributed by atoms with van der Waals surface area (Å²) in [6, 6.07) is 0. The van der Waals surface area contributed by atoms with Gasteiger partial charge in [-0.3, -0.25) is 0 Å². The van der Waals surface area contributed by atoms with Crippen LogP contribution in [0.2, 0.25) is 0 Å². The highest BCUT2D eigenvalue weighted by Crippen LogP contribution is 2.31. The van der Waals surface area contributed by atoms with Gasteiger partial charge in [-0.25, -0.2) is 9.97 Å². The second-order valence-electron chi connectivity index (χ2n) is 6.15. The molecule has 2 aromatic rings. The zero-order valence-electron chi connectivity index (χ0n) is 13.1. The summed E-state index contributed by atoms with van der Waals surface area (Å²) in [5, 5.41) is 0. The fraction of sp³-hybridized carbons (Fsp3) is 0.600. The molecule has 4 nitrogen and oxygen atoms in total. The summed E-state index contributed by atoms with van der Waals surface area (Å²) >= 11 is 1.64. The molecule has 0 saturated carbocycles. The minimum Gasteiger partial charge on any atom is -0.334 e. The van der Waals surface area contributed by atoms with E-state index in [1.54, 1.807) is 15.9 Å². The van der Waals surface area contributed by atoms with E-state index in [1.165, 1.54) is 4.88 Å². The molecule has 0 spiro atoms. The van der Waals surface area contributed by atoms with E-state index in [1.807, 2.05) is 19.5 Å². The van der Waals surface area contributed by atoms with Gasteiger partial charge in [0.25, 0.3) is 0 Å². The van der Waals surface area contributed by atoms with Crippen LogP contribution in [0.15, 0.2) is 11.7 Å². The number of thiazole rings is 1. The summed E-state index contributed by atoms with van der Waals surface area (Å²) in [7, 11) is 2.05. The standard InChI is InChI=1S/C15H19F3N4S/c1-10-12(23-9-19-10)7-21(2)5-11-3-4-14-20-13(15(16,17)18)8-22(14)6-11/h8-9,11H,3-7H2,1-2H3. The van der Waals surface area contributed by atoms with Crippen LogP contribution >= 0.6 is 11.3 Å². The first-order chi connectivity index (χ1) is 10.8. The molecule has 1 aliphatic heterocycles. The lowest BCUT2D eigenvalue weighted by Crippen LogP contribution is -2.31. The first-order valence-corrected chi connectivity index (χ1v) is 8.41. The number of hydrogen-bond acceptors (Lipinski definition) is 4. The van der Waals surface area contributed by atoms with Crippen molar-refractivity contribution < 1.29 is 13.2 Å². The number of imidazole rings is 1. The number of rotatable bonds is 4. The summed E-state index contributed by atoms with van der Waals surface area (Å²) in [5.41, 5.74) is 2.12. The molecule has 3 heterocycles. The van der Waals surface area contributed by atoms with Crippen LogP contribution in [0.3, 0.4) is 0 Å². The number of nitrogens with zero attached hydrogens (tertiary/aromatic N) is 4. The predicted molar refractivity (Wildman–Crippen MR) is 82.2 cm³/mol. The molecule has 0 fully saturated rings. The lowest BCUT2D eigenvalue weighted by atomic mass is 9.99. The van der Waals surface area contributed by atoms with E-state index < -0.39 is 11.9 Å². The first-order valence-electron chi connectivity index (χ1n) is 7.53. The number of aryl methyl sites for hydroxylation is 2. The maximum absolute atomic E-state index is 12.7. The quantitative estimate of drug-likeness (QED) is 0.853. The molecule has 2 aromatic heterocycles. The van der Waals surface area contributed by atoms with E-state index in [2.05, 4.69) is 14.9 Å². The molecule has 126 valence electrons. The Balaban J connectivity index is 1.61. The van der Waals surface area contributed by atoms with Gasteiger partial charge in [0.2, 0.25) is 0 Å². The molecular weight excluding hydrogens is 325 g/mol. The fourth-order valence-corrected chi connectivity index (χ4v) is 3.88. The number of halogens is 3. The van der Waals surface area contributed by atoms with Crippen LogP contribution in [-0.4, -0.2) is 33.0 Å². The van der Waals surface area contributed by atoms with Gasteiger partial charge in [-0.2, -0.15) is 13.2 Å². The van der Waals surface area contributed by atoms with Gasteiger partial charge in [0, 0.05) is 37.1 Å². The van der Waals surface area contributed by atoms with Crippen molar-refractivity contribution in [3.05, 3.63) is 33.8 Å². The number of hydrogen-bond donors (Lipinski definition) is 0. The van der Waals surface area contributed by atoms with Gasteiger partial charge in [-0.15, -0.1) is 11.3 Å². The summed E-state index contributed by atoms with van der Waals surface area (Å²) in [5.74, 6) is 0.894. The zero-order valence-corrected chi connectivity index (χ0v) is 13.9. The van der Waals surface area contributed by atoms with Crippen LogP contribution in [0.25, 0.3) is 0 Å². The van der Waals surface area contributed by atoms with Gasteiger partial charge in [0.15, 0.2) is 5.69 Å². The Morgan fingerprint density at radius 1 is 1.43 bits per heavy atom. The van der Waals surface area contributed by atoms with Gasteiger partial charge >= 0.3 is 6.18 Å². The molecule has 23 heavy (non-hydrogen) atoms. The minimum atomic E-state index is -4.36. The van der Waals surface area contributed by atoms with Crippen molar-refractivity contribution in [1.29, 1.82) is 0 Å². The Labute approximate surface area is 137 Å². The second-order valence-corrected chi connectivity index (χ2v) is 7.09. The number of aromatic nitrogens is 3. The Kier molecular flexibility index (Phi) is 4.46. The molecule has 1 atom stereocenters. The van der Waals surface area contributed by atoms with Crippen LogP contribution < -0.4 is 0 Å². The highest BCUT2D eigenvalue weighted by atomic mass is 32.1. The number of alkyl halides is 3. The third kappa shape index (κ3) is 3.74. The van der Waals surface area contributed by atoms with Crippen LogP contribution in [-0.2, 0) is 25.7 Å². The van der Waals surface area contributed by atoms with Crippen molar-refractivity contribution >= 4 is 11.3 Å². The molecule has 0 N–H and O–H groups in total. The molecule has 0 aliphatic carbocycles. The molecule has 0 aromatic carbocycles. The maximum atomic E-state index is 12.7. The van der Waals surface area contributed by atoms with Crippen molar-refractivity contribution in [2.75, 3.05) is 13.6 Å². The summed E-state index contributed by atoms with van der Waals surface area (Å²) < 4.78 is 39.9. The van der Waals surface area contributed by atoms with Gasteiger partial charge in [0.05, 0.1) is 11.2 Å². The van der Waals surface area contributed by atoms with Crippen molar-refractivity contribution in [3.8, 4) is 0 Å². The monoisotopic (exact) mass is 344 g/mol. The Morgan fingerprint density at radius 3 is 2.87 bits per heavy atom. The van der Waals surface area contributed by atoms with Gasteiger partial charge in [-0.1, -0.05) is 0 Å². The third-order valence-electron chi connectivity index (χ3n) is 4.21. The second kappa shape index (κ2) is 6.24. The van der Waals surface area contributed by atoms with E-state index >= 15 is 0 Å². The molecular formula is C15H19F3N4S. The highest BCUT2D eigenvalue weighted by Gasteiger charge is 2.35. The molecule has 1 unspecified atom stereocenters. The molecule has 0 saturated heterocycles. The van der Waals surface area contributed by atoms with Crippen molar-refractivity contribution in [1.82, 2.24) is 19.4 Å². The molecule has 1 aliphatic rings. The summed E-state index contributed by atoms with van der Waals surface area (Å²) in [4.78, 5) is 11.4. The van der Waals surface area contributed by atoms with Gasteiger partial charge in [-0.05, 0) is 26.3 Å². The largest absolute Gasteiger partial charge is 0.434 e. The Morgan fingerprint density at radius 2 is 2.22 bits per heavy atom. The van der Waals surface area contributed by atoms with E-state index in [4.69, 9.17) is 0 Å². The van der Waals surface area contributed by atoms with E-state index in [9.17, 15) is 13.2 Å². The fourth-order valence-electron chi connectivity index (χ4n) is 3.03. The topological polar surface area (TPSA) is 34.0 Å². The van der Waals surface area contributed by atoms with Crippen LogP contribution in [0.5, 0.6) is 0 Å². The van der Waals surface area contributed by atoms with Crippen LogP contribution in [0.1, 0.15) is 28.5 Å². The average Bonchev–Trinajstić information content (AvgIpc) is 3.05. The molecule has 3 rings (SSSR count). The predicted octanol–water partition coefficient (Wildman–Crippen LogP) is 3.36. The SMILES string of the molecule is Cc1ncsc1CN(C)CC1CCc2nc(C(F)(F)F)cn2C1.